The summed E-state index contributed by atoms with van der Waals surface area (Å²) in [5, 5.41) is 0. The smallest absolute Gasteiger partial charge is 0.170 e. The van der Waals surface area contributed by atoms with Gasteiger partial charge in [0.1, 0.15) is 5.82 Å². The van der Waals surface area contributed by atoms with Crippen molar-refractivity contribution in [2.75, 3.05) is 6.26 Å². The number of Topliss-reactive ketones (excluding diaryl/α,β-unsaturated/α-hetero) is 1. The Kier molecular flexibility index (Phi) is 4.15. The molecule has 0 N–H and O–H groups in total. The quantitative estimate of drug-likeness (QED) is 0.611. The third-order valence-electron chi connectivity index (χ3n) is 2.68. The summed E-state index contributed by atoms with van der Waals surface area (Å²) in [5.74, 6) is -0.630. The van der Waals surface area contributed by atoms with Crippen molar-refractivity contribution in [3.05, 3.63) is 65.5 Å². The molecule has 0 aliphatic heterocycles. The molecule has 0 saturated carbocycles. The molecule has 0 spiro atoms. The van der Waals surface area contributed by atoms with Crippen molar-refractivity contribution in [3.63, 3.8) is 0 Å². The van der Waals surface area contributed by atoms with Gasteiger partial charge in [0.15, 0.2) is 5.78 Å². The summed E-state index contributed by atoms with van der Waals surface area (Å²) in [6.45, 7) is 0. The van der Waals surface area contributed by atoms with Gasteiger partial charge in [-0.25, -0.2) is 4.39 Å². The Labute approximate surface area is 110 Å². The van der Waals surface area contributed by atoms with Gasteiger partial charge >= 0.3 is 0 Å². The van der Waals surface area contributed by atoms with E-state index < -0.39 is 5.82 Å². The van der Waals surface area contributed by atoms with Crippen LogP contribution in [-0.2, 0) is 6.42 Å². The van der Waals surface area contributed by atoms with Crippen LogP contribution in [0.2, 0.25) is 0 Å². The van der Waals surface area contributed by atoms with Gasteiger partial charge in [0, 0.05) is 11.3 Å². The SMILES string of the molecule is CSc1ccc(C(=O)Cc2ccccc2)c(F)c1. The first-order chi connectivity index (χ1) is 8.70. The fourth-order valence-corrected chi connectivity index (χ4v) is 2.15. The second-order valence-corrected chi connectivity index (χ2v) is 4.81. The highest BCUT2D eigenvalue weighted by Gasteiger charge is 2.12. The zero-order chi connectivity index (χ0) is 13.0. The molecule has 0 heterocycles. The summed E-state index contributed by atoms with van der Waals surface area (Å²) in [4.78, 5) is 12.8. The number of rotatable bonds is 4. The molecule has 0 bridgehead atoms. The van der Waals surface area contributed by atoms with Crippen molar-refractivity contribution < 1.29 is 9.18 Å². The summed E-state index contributed by atoms with van der Waals surface area (Å²) in [5.41, 5.74) is 1.06. The second kappa shape index (κ2) is 5.83. The molecule has 0 radical (unpaired) electrons. The van der Waals surface area contributed by atoms with Gasteiger partial charge < -0.3 is 0 Å². The molecule has 0 aliphatic carbocycles. The fraction of sp³-hybridized carbons (Fsp3) is 0.133. The molecule has 2 aromatic carbocycles. The lowest BCUT2D eigenvalue weighted by Crippen LogP contribution is -2.06. The molecule has 0 aromatic heterocycles. The zero-order valence-electron chi connectivity index (χ0n) is 10.0. The number of carbonyl (C=O) groups is 1. The number of thioether (sulfide) groups is 1. The van der Waals surface area contributed by atoms with Crippen LogP contribution < -0.4 is 0 Å². The van der Waals surface area contributed by atoms with Gasteiger partial charge in [-0.1, -0.05) is 30.3 Å². The third kappa shape index (κ3) is 2.99. The van der Waals surface area contributed by atoms with Gasteiger partial charge in [-0.05, 0) is 30.0 Å². The lowest BCUT2D eigenvalue weighted by molar-refractivity contribution is 0.0989. The number of hydrogen-bond acceptors (Lipinski definition) is 2. The molecular formula is C15H13FOS. The van der Waals surface area contributed by atoms with Crippen molar-refractivity contribution >= 4 is 17.5 Å². The molecule has 0 atom stereocenters. The van der Waals surface area contributed by atoms with E-state index in [1.54, 1.807) is 12.1 Å². The maximum Gasteiger partial charge on any atom is 0.170 e. The van der Waals surface area contributed by atoms with E-state index in [2.05, 4.69) is 0 Å². The lowest BCUT2D eigenvalue weighted by Gasteiger charge is -2.04. The van der Waals surface area contributed by atoms with Crippen LogP contribution in [0.3, 0.4) is 0 Å². The highest BCUT2D eigenvalue weighted by atomic mass is 32.2. The molecule has 0 aliphatic rings. The standard InChI is InChI=1S/C15H13FOS/c1-18-12-7-8-13(14(16)10-12)15(17)9-11-5-3-2-4-6-11/h2-8,10H,9H2,1H3. The summed E-state index contributed by atoms with van der Waals surface area (Å²) in [7, 11) is 0. The molecule has 3 heteroatoms. The zero-order valence-corrected chi connectivity index (χ0v) is 10.8. The van der Waals surface area contributed by atoms with Crippen LogP contribution in [0.25, 0.3) is 0 Å². The number of carbonyl (C=O) groups excluding carboxylic acids is 1. The van der Waals surface area contributed by atoms with E-state index in [9.17, 15) is 9.18 Å². The van der Waals surface area contributed by atoms with Gasteiger partial charge in [0.05, 0.1) is 5.56 Å². The van der Waals surface area contributed by atoms with E-state index in [0.717, 1.165) is 10.5 Å². The Hall–Kier alpha value is -1.61. The second-order valence-electron chi connectivity index (χ2n) is 3.93. The highest BCUT2D eigenvalue weighted by molar-refractivity contribution is 7.98. The highest BCUT2D eigenvalue weighted by Crippen LogP contribution is 2.19. The van der Waals surface area contributed by atoms with Crippen LogP contribution in [0, 0.1) is 5.82 Å². The molecule has 1 nitrogen and oxygen atoms in total. The number of hydrogen-bond donors (Lipinski definition) is 0. The molecule has 0 fully saturated rings. The Bertz CT molecular complexity index is 552. The fourth-order valence-electron chi connectivity index (χ4n) is 1.73. The van der Waals surface area contributed by atoms with Gasteiger partial charge in [-0.2, -0.15) is 0 Å². The van der Waals surface area contributed by atoms with Crippen LogP contribution in [0.15, 0.2) is 53.4 Å². The first-order valence-electron chi connectivity index (χ1n) is 5.61. The lowest BCUT2D eigenvalue weighted by atomic mass is 10.0. The van der Waals surface area contributed by atoms with E-state index in [1.165, 1.54) is 17.8 Å². The van der Waals surface area contributed by atoms with E-state index in [4.69, 9.17) is 0 Å². The number of benzene rings is 2. The van der Waals surface area contributed by atoms with Crippen LogP contribution in [0.1, 0.15) is 15.9 Å². The predicted octanol–water partition coefficient (Wildman–Crippen LogP) is 3.97. The number of ketones is 1. The summed E-state index contributed by atoms with van der Waals surface area (Å²) < 4.78 is 13.8. The Balaban J connectivity index is 2.19. The molecule has 2 aromatic rings. The van der Waals surface area contributed by atoms with E-state index >= 15 is 0 Å². The molecule has 92 valence electrons. The topological polar surface area (TPSA) is 17.1 Å². The van der Waals surface area contributed by atoms with E-state index in [-0.39, 0.29) is 17.8 Å². The molecule has 2 rings (SSSR count). The Morgan fingerprint density at radius 2 is 1.89 bits per heavy atom. The van der Waals surface area contributed by atoms with Gasteiger partial charge in [-0.3, -0.25) is 4.79 Å². The monoisotopic (exact) mass is 260 g/mol. The average Bonchev–Trinajstić information content (AvgIpc) is 2.39. The van der Waals surface area contributed by atoms with Crippen molar-refractivity contribution in [2.24, 2.45) is 0 Å². The van der Waals surface area contributed by atoms with E-state index in [1.807, 2.05) is 36.6 Å². The van der Waals surface area contributed by atoms with Crippen LogP contribution in [-0.4, -0.2) is 12.0 Å². The van der Waals surface area contributed by atoms with Gasteiger partial charge in [0.2, 0.25) is 0 Å². The van der Waals surface area contributed by atoms with Gasteiger partial charge in [0.25, 0.3) is 0 Å². The largest absolute Gasteiger partial charge is 0.294 e. The average molecular weight is 260 g/mol. The minimum absolute atomic E-state index is 0.164. The van der Waals surface area contributed by atoms with Gasteiger partial charge in [-0.15, -0.1) is 11.8 Å². The first kappa shape index (κ1) is 12.8. The molecular weight excluding hydrogens is 247 g/mol. The van der Waals surface area contributed by atoms with Crippen LogP contribution in [0.5, 0.6) is 0 Å². The maximum absolute atomic E-state index is 13.8. The van der Waals surface area contributed by atoms with E-state index in [0.29, 0.717) is 0 Å². The molecule has 0 amide bonds. The predicted molar refractivity (Wildman–Crippen MR) is 72.7 cm³/mol. The Morgan fingerprint density at radius 1 is 1.17 bits per heavy atom. The summed E-state index contributed by atoms with van der Waals surface area (Å²) in [6, 6.07) is 14.1. The Morgan fingerprint density at radius 3 is 2.50 bits per heavy atom. The number of halogens is 1. The van der Waals surface area contributed by atoms with Crippen LogP contribution in [0.4, 0.5) is 4.39 Å². The first-order valence-corrected chi connectivity index (χ1v) is 6.84. The minimum Gasteiger partial charge on any atom is -0.294 e. The van der Waals surface area contributed by atoms with Crippen molar-refractivity contribution in [1.82, 2.24) is 0 Å². The molecule has 0 saturated heterocycles. The normalized spacial score (nSPS) is 10.3. The summed E-state index contributed by atoms with van der Waals surface area (Å²) in [6.07, 6.45) is 2.11. The van der Waals surface area contributed by atoms with Crippen molar-refractivity contribution in [2.45, 2.75) is 11.3 Å². The molecule has 0 unspecified atom stereocenters. The minimum atomic E-state index is -0.442. The van der Waals surface area contributed by atoms with Crippen molar-refractivity contribution in [1.29, 1.82) is 0 Å². The maximum atomic E-state index is 13.8. The third-order valence-corrected chi connectivity index (χ3v) is 3.41. The molecule has 18 heavy (non-hydrogen) atoms. The van der Waals surface area contributed by atoms with Crippen LogP contribution >= 0.6 is 11.8 Å². The van der Waals surface area contributed by atoms with Crippen molar-refractivity contribution in [3.8, 4) is 0 Å². The summed E-state index contributed by atoms with van der Waals surface area (Å²) >= 11 is 1.46.